The van der Waals surface area contributed by atoms with E-state index in [1.54, 1.807) is 23.8 Å². The van der Waals surface area contributed by atoms with Gasteiger partial charge >= 0.3 is 0 Å². The number of likely N-dealkylation sites (N-methyl/N-ethyl adjacent to an activating group) is 1. The number of hydrogen-bond donors (Lipinski definition) is 3. The molecule has 1 atom stereocenters. The van der Waals surface area contributed by atoms with Crippen molar-refractivity contribution in [1.29, 1.82) is 0 Å². The Bertz CT molecular complexity index is 314. The molecule has 4 N–H and O–H groups in total. The van der Waals surface area contributed by atoms with Crippen molar-refractivity contribution in [3.63, 3.8) is 0 Å². The Kier molecular flexibility index (Phi) is 6.20. The van der Waals surface area contributed by atoms with Gasteiger partial charge in [-0.1, -0.05) is 0 Å². The van der Waals surface area contributed by atoms with E-state index in [9.17, 15) is 14.7 Å². The second-order valence-corrected chi connectivity index (χ2v) is 5.21. The van der Waals surface area contributed by atoms with Crippen LogP contribution in [0.5, 0.6) is 0 Å². The van der Waals surface area contributed by atoms with E-state index in [1.807, 2.05) is 0 Å². The summed E-state index contributed by atoms with van der Waals surface area (Å²) in [5.74, 6) is 4.89. The fourth-order valence-corrected chi connectivity index (χ4v) is 2.36. The number of nitrogens with zero attached hydrogens (tertiary/aromatic N) is 2. The number of likely N-dealkylation sites (tertiary alicyclic amines) is 1. The number of carbonyl (C=O) groups is 2. The Morgan fingerprint density at radius 3 is 2.53 bits per heavy atom. The van der Waals surface area contributed by atoms with Crippen molar-refractivity contribution < 1.29 is 14.7 Å². The first kappa shape index (κ1) is 15.9. The molecule has 0 aliphatic carbocycles. The Hall–Kier alpha value is -1.18. The molecule has 0 aromatic heterocycles. The summed E-state index contributed by atoms with van der Waals surface area (Å²) in [4.78, 5) is 26.9. The minimum absolute atomic E-state index is 0.0368. The number of nitrogens with two attached hydrogens (primary N) is 1. The Labute approximate surface area is 113 Å². The van der Waals surface area contributed by atoms with Crippen LogP contribution in [-0.2, 0) is 9.59 Å². The van der Waals surface area contributed by atoms with Gasteiger partial charge in [0.2, 0.25) is 11.8 Å². The van der Waals surface area contributed by atoms with Crippen molar-refractivity contribution >= 4 is 11.8 Å². The first-order chi connectivity index (χ1) is 8.93. The predicted octanol–water partition coefficient (Wildman–Crippen LogP) is -1.47. The molecule has 1 aliphatic heterocycles. The standard InChI is InChI=1S/C12H24N4O3/c1-9(17)7-15(2)8-11(18)16-5-3-10(4-6-16)12(19)14-13/h9-10,17H,3-8,13H2,1-2H3,(H,14,19). The van der Waals surface area contributed by atoms with E-state index in [1.165, 1.54) is 0 Å². The van der Waals surface area contributed by atoms with Crippen LogP contribution in [0.3, 0.4) is 0 Å². The highest BCUT2D eigenvalue weighted by Crippen LogP contribution is 2.17. The van der Waals surface area contributed by atoms with Gasteiger partial charge in [-0.05, 0) is 26.8 Å². The van der Waals surface area contributed by atoms with Gasteiger partial charge in [0.05, 0.1) is 12.6 Å². The molecule has 1 rings (SSSR count). The molecule has 0 saturated carbocycles. The van der Waals surface area contributed by atoms with Crippen molar-refractivity contribution in [3.8, 4) is 0 Å². The zero-order chi connectivity index (χ0) is 14.4. The maximum atomic E-state index is 12.0. The largest absolute Gasteiger partial charge is 0.392 e. The fraction of sp³-hybridized carbons (Fsp3) is 0.833. The molecule has 2 amide bonds. The molecule has 1 unspecified atom stereocenters. The molecular formula is C12H24N4O3. The maximum absolute atomic E-state index is 12.0. The van der Waals surface area contributed by atoms with E-state index in [0.29, 0.717) is 39.0 Å². The molecule has 0 aromatic carbocycles. The monoisotopic (exact) mass is 272 g/mol. The van der Waals surface area contributed by atoms with Crippen LogP contribution in [0, 0.1) is 5.92 Å². The third kappa shape index (κ3) is 5.14. The van der Waals surface area contributed by atoms with E-state index >= 15 is 0 Å². The number of piperidine rings is 1. The predicted molar refractivity (Wildman–Crippen MR) is 70.8 cm³/mol. The molecule has 0 spiro atoms. The third-order valence-electron chi connectivity index (χ3n) is 3.34. The van der Waals surface area contributed by atoms with Crippen LogP contribution < -0.4 is 11.3 Å². The van der Waals surface area contributed by atoms with Crippen molar-refractivity contribution in [2.24, 2.45) is 11.8 Å². The van der Waals surface area contributed by atoms with Crippen molar-refractivity contribution in [2.45, 2.75) is 25.9 Å². The smallest absolute Gasteiger partial charge is 0.237 e. The minimum Gasteiger partial charge on any atom is -0.392 e. The minimum atomic E-state index is -0.447. The summed E-state index contributed by atoms with van der Waals surface area (Å²) in [6.07, 6.45) is 0.848. The summed E-state index contributed by atoms with van der Waals surface area (Å²) in [6, 6.07) is 0. The first-order valence-electron chi connectivity index (χ1n) is 6.59. The van der Waals surface area contributed by atoms with Crippen LogP contribution in [-0.4, -0.2) is 66.1 Å². The second-order valence-electron chi connectivity index (χ2n) is 5.21. The third-order valence-corrected chi connectivity index (χ3v) is 3.34. The maximum Gasteiger partial charge on any atom is 0.237 e. The number of aliphatic hydroxyl groups is 1. The van der Waals surface area contributed by atoms with Gasteiger partial charge in [0.25, 0.3) is 0 Å². The van der Waals surface area contributed by atoms with Crippen molar-refractivity contribution in [2.75, 3.05) is 33.2 Å². The average Bonchev–Trinajstić information content (AvgIpc) is 2.36. The summed E-state index contributed by atoms with van der Waals surface area (Å²) >= 11 is 0. The summed E-state index contributed by atoms with van der Waals surface area (Å²) in [5.41, 5.74) is 2.15. The quantitative estimate of drug-likeness (QED) is 0.322. The van der Waals surface area contributed by atoms with E-state index < -0.39 is 6.10 Å². The molecule has 7 heteroatoms. The van der Waals surface area contributed by atoms with Gasteiger partial charge in [0, 0.05) is 25.6 Å². The summed E-state index contributed by atoms with van der Waals surface area (Å²) < 4.78 is 0. The zero-order valence-corrected chi connectivity index (χ0v) is 11.6. The van der Waals surface area contributed by atoms with Gasteiger partial charge < -0.3 is 10.0 Å². The number of rotatable bonds is 5. The highest BCUT2D eigenvalue weighted by molar-refractivity contribution is 5.80. The second kappa shape index (κ2) is 7.42. The molecule has 0 aromatic rings. The van der Waals surface area contributed by atoms with Gasteiger partial charge in [-0.2, -0.15) is 0 Å². The molecule has 0 radical (unpaired) electrons. The molecule has 1 fully saturated rings. The van der Waals surface area contributed by atoms with E-state index in [0.717, 1.165) is 0 Å². The van der Waals surface area contributed by atoms with Gasteiger partial charge in [0.1, 0.15) is 0 Å². The average molecular weight is 272 g/mol. The van der Waals surface area contributed by atoms with Gasteiger partial charge in [0.15, 0.2) is 0 Å². The molecule has 1 saturated heterocycles. The van der Waals surface area contributed by atoms with E-state index in [-0.39, 0.29) is 17.7 Å². The van der Waals surface area contributed by atoms with Crippen LogP contribution in [0.2, 0.25) is 0 Å². The molecule has 110 valence electrons. The van der Waals surface area contributed by atoms with E-state index in [4.69, 9.17) is 5.84 Å². The lowest BCUT2D eigenvalue weighted by molar-refractivity contribution is -0.136. The molecule has 19 heavy (non-hydrogen) atoms. The lowest BCUT2D eigenvalue weighted by Crippen LogP contribution is -2.47. The first-order valence-corrected chi connectivity index (χ1v) is 6.59. The Balaban J connectivity index is 2.34. The van der Waals surface area contributed by atoms with Crippen LogP contribution in [0.1, 0.15) is 19.8 Å². The Morgan fingerprint density at radius 1 is 1.47 bits per heavy atom. The van der Waals surface area contributed by atoms with Gasteiger partial charge in [-0.3, -0.25) is 19.9 Å². The normalized spacial score (nSPS) is 18.5. The van der Waals surface area contributed by atoms with Crippen LogP contribution in [0.15, 0.2) is 0 Å². The molecule has 7 nitrogen and oxygen atoms in total. The Morgan fingerprint density at radius 2 is 2.05 bits per heavy atom. The van der Waals surface area contributed by atoms with Crippen LogP contribution in [0.4, 0.5) is 0 Å². The molecule has 1 heterocycles. The fourth-order valence-electron chi connectivity index (χ4n) is 2.36. The topological polar surface area (TPSA) is 98.9 Å². The number of amides is 2. The zero-order valence-electron chi connectivity index (χ0n) is 11.6. The van der Waals surface area contributed by atoms with Gasteiger partial charge in [-0.15, -0.1) is 0 Å². The van der Waals surface area contributed by atoms with Crippen LogP contribution >= 0.6 is 0 Å². The van der Waals surface area contributed by atoms with Crippen molar-refractivity contribution in [1.82, 2.24) is 15.2 Å². The van der Waals surface area contributed by atoms with Gasteiger partial charge in [-0.25, -0.2) is 5.84 Å². The number of carbonyl (C=O) groups excluding carboxylic acids is 2. The SMILES string of the molecule is CC(O)CN(C)CC(=O)N1CCC(C(=O)NN)CC1. The van der Waals surface area contributed by atoms with E-state index in [2.05, 4.69) is 5.43 Å². The summed E-state index contributed by atoms with van der Waals surface area (Å²) in [7, 11) is 1.80. The molecule has 0 bridgehead atoms. The molecular weight excluding hydrogens is 248 g/mol. The lowest BCUT2D eigenvalue weighted by atomic mass is 9.96. The van der Waals surface area contributed by atoms with Crippen LogP contribution in [0.25, 0.3) is 0 Å². The highest BCUT2D eigenvalue weighted by Gasteiger charge is 2.27. The lowest BCUT2D eigenvalue weighted by Gasteiger charge is -2.32. The van der Waals surface area contributed by atoms with Crippen molar-refractivity contribution in [3.05, 3.63) is 0 Å². The number of nitrogens with one attached hydrogen (secondary N) is 1. The molecule has 1 aliphatic rings. The number of hydrogen-bond acceptors (Lipinski definition) is 5. The number of hydrazine groups is 1. The summed E-state index contributed by atoms with van der Waals surface area (Å²) in [5, 5.41) is 9.25. The number of aliphatic hydroxyl groups excluding tert-OH is 1. The summed E-state index contributed by atoms with van der Waals surface area (Å²) in [6.45, 7) is 3.62. The highest BCUT2D eigenvalue weighted by atomic mass is 16.3.